The fourth-order valence-corrected chi connectivity index (χ4v) is 1.33. The van der Waals surface area contributed by atoms with Gasteiger partial charge in [-0.3, -0.25) is 0 Å². The van der Waals surface area contributed by atoms with E-state index in [1.165, 1.54) is 0 Å². The lowest BCUT2D eigenvalue weighted by molar-refractivity contribution is 0.410. The van der Waals surface area contributed by atoms with Gasteiger partial charge in [0.1, 0.15) is 0 Å². The zero-order valence-corrected chi connectivity index (χ0v) is 11.2. The average molecular weight is 287 g/mol. The smallest absolute Gasteiger partial charge is 0.399 e. The van der Waals surface area contributed by atoms with Crippen LogP contribution in [0.4, 0.5) is 5.69 Å². The molecule has 2 aromatic carbocycles. The lowest BCUT2D eigenvalue weighted by Crippen LogP contribution is -1.79. The zero-order valence-electron chi connectivity index (χ0n) is 9.47. The fourth-order valence-electron chi connectivity index (χ4n) is 1.02. The molecule has 0 fully saturated rings. The zero-order chi connectivity index (χ0) is 12.5. The number of rotatable bonds is 2. The summed E-state index contributed by atoms with van der Waals surface area (Å²) in [4.78, 5) is 8.29. The summed E-state index contributed by atoms with van der Waals surface area (Å²) in [5.41, 5.74) is 6.18. The Morgan fingerprint density at radius 3 is 1.72 bits per heavy atom. The van der Waals surface area contributed by atoms with Gasteiger partial charge in [-0.1, -0.05) is 36.4 Å². The second kappa shape index (κ2) is 9.42. The quantitative estimate of drug-likeness (QED) is 0.655. The maximum Gasteiger partial charge on any atom is 0.747 e. The molecule has 18 heavy (non-hydrogen) atoms. The Balaban J connectivity index is 0.000000321. The third-order valence-electron chi connectivity index (χ3n) is 1.73. The first-order valence-corrected chi connectivity index (χ1v) is 6.01. The molecule has 0 spiro atoms. The highest BCUT2D eigenvalue weighted by atomic mass is 35.5. The number of anilines is 1. The van der Waals surface area contributed by atoms with Crippen molar-refractivity contribution in [2.45, 2.75) is 0 Å². The average Bonchev–Trinajstić information content (AvgIpc) is 2.31. The van der Waals surface area contributed by atoms with Crippen LogP contribution in [0.25, 0.3) is 0 Å². The van der Waals surface area contributed by atoms with Gasteiger partial charge in [0.15, 0.2) is 5.75 Å². The maximum absolute atomic E-state index is 10.1. The predicted molar refractivity (Wildman–Crippen MR) is 75.0 cm³/mol. The van der Waals surface area contributed by atoms with E-state index in [2.05, 4.69) is 4.52 Å². The van der Waals surface area contributed by atoms with Gasteiger partial charge in [-0.2, -0.15) is 0 Å². The summed E-state index contributed by atoms with van der Waals surface area (Å²) in [6, 6.07) is 18.0. The van der Waals surface area contributed by atoms with Crippen LogP contribution in [0.1, 0.15) is 0 Å². The lowest BCUT2D eigenvalue weighted by atomic mass is 10.3. The second-order valence-electron chi connectivity index (χ2n) is 3.05. The highest BCUT2D eigenvalue weighted by Crippen LogP contribution is 2.21. The summed E-state index contributed by atoms with van der Waals surface area (Å²) in [5.74, 6) is 0.408. The largest absolute Gasteiger partial charge is 0.747 e. The number of hydrogen-bond donors (Lipinski definition) is 2. The Labute approximate surface area is 113 Å². The molecule has 0 aliphatic carbocycles. The van der Waals surface area contributed by atoms with E-state index in [0.717, 1.165) is 5.69 Å². The summed E-state index contributed by atoms with van der Waals surface area (Å²) in [7, 11) is -2.53. The number of nitrogens with two attached hydrogens (primary N) is 1. The molecule has 1 atom stereocenters. The molecule has 0 bridgehead atoms. The van der Waals surface area contributed by atoms with E-state index < -0.39 is 8.25 Å². The molecule has 0 saturated carbocycles. The highest BCUT2D eigenvalue weighted by molar-refractivity contribution is 7.32. The highest BCUT2D eigenvalue weighted by Gasteiger charge is 2.12. The van der Waals surface area contributed by atoms with E-state index in [0.29, 0.717) is 5.75 Å². The first kappa shape index (κ1) is 16.4. The van der Waals surface area contributed by atoms with Crippen LogP contribution in [0.15, 0.2) is 60.7 Å². The van der Waals surface area contributed by atoms with Gasteiger partial charge >= 0.3 is 8.25 Å². The molecule has 3 N–H and O–H groups in total. The minimum Gasteiger partial charge on any atom is -0.399 e. The molecule has 96 valence electrons. The van der Waals surface area contributed by atoms with Crippen molar-refractivity contribution in [3.8, 4) is 5.75 Å². The Morgan fingerprint density at radius 2 is 1.39 bits per heavy atom. The minimum atomic E-state index is -2.53. The van der Waals surface area contributed by atoms with Gasteiger partial charge in [-0.15, -0.1) is 17.3 Å². The van der Waals surface area contributed by atoms with E-state index in [9.17, 15) is 4.57 Å². The summed E-state index contributed by atoms with van der Waals surface area (Å²) < 4.78 is 14.6. The topological polar surface area (TPSA) is 72.6 Å². The van der Waals surface area contributed by atoms with Crippen molar-refractivity contribution in [2.24, 2.45) is 0 Å². The van der Waals surface area contributed by atoms with Gasteiger partial charge in [0.2, 0.25) is 0 Å². The summed E-state index contributed by atoms with van der Waals surface area (Å²) in [6.45, 7) is 0. The van der Waals surface area contributed by atoms with Crippen LogP contribution in [0.3, 0.4) is 0 Å². The van der Waals surface area contributed by atoms with Crippen LogP contribution >= 0.6 is 20.7 Å². The van der Waals surface area contributed by atoms with E-state index in [1.807, 2.05) is 30.3 Å². The molecule has 0 aliphatic rings. The first-order valence-electron chi connectivity index (χ1n) is 4.88. The van der Waals surface area contributed by atoms with Gasteiger partial charge in [0, 0.05) is 10.3 Å². The third-order valence-corrected chi connectivity index (χ3v) is 2.09. The van der Waals surface area contributed by atoms with Crippen molar-refractivity contribution in [3.63, 3.8) is 0 Å². The molecule has 0 saturated heterocycles. The normalized spacial score (nSPS) is 9.28. The van der Waals surface area contributed by atoms with E-state index >= 15 is 0 Å². The molecule has 0 aromatic heterocycles. The van der Waals surface area contributed by atoms with Gasteiger partial charge in [-0.25, -0.2) is 4.52 Å². The summed E-state index contributed by atoms with van der Waals surface area (Å²) >= 11 is 0. The van der Waals surface area contributed by atoms with Gasteiger partial charge in [0.25, 0.3) is 0 Å². The monoisotopic (exact) mass is 286 g/mol. The van der Waals surface area contributed by atoms with Crippen molar-refractivity contribution < 1.29 is 14.0 Å². The standard InChI is InChI=1S/C6H7N.C6H5O3P.ClH/c7-6-4-2-1-3-5-6;7-10(8)9-6-4-2-1-3-5-6;/h1-5H,7H2;1-5H;1H/p+1. The molecule has 2 aromatic rings. The van der Waals surface area contributed by atoms with Crippen molar-refractivity contribution in [1.82, 2.24) is 0 Å². The SMILES string of the molecule is Cl.Nc1ccccc1.O=[P+](O)Oc1ccccc1. The van der Waals surface area contributed by atoms with Crippen LogP contribution in [0, 0.1) is 0 Å². The van der Waals surface area contributed by atoms with Gasteiger partial charge in [0.05, 0.1) is 0 Å². The van der Waals surface area contributed by atoms with E-state index in [-0.39, 0.29) is 12.4 Å². The van der Waals surface area contributed by atoms with E-state index in [4.69, 9.17) is 10.6 Å². The van der Waals surface area contributed by atoms with Crippen LogP contribution in [-0.2, 0) is 4.57 Å². The van der Waals surface area contributed by atoms with Crippen molar-refractivity contribution in [2.75, 3.05) is 5.73 Å². The summed E-state index contributed by atoms with van der Waals surface area (Å²) in [5, 5.41) is 0. The number of nitrogen functional groups attached to an aromatic ring is 1. The Hall–Kier alpha value is -1.61. The van der Waals surface area contributed by atoms with Crippen molar-refractivity contribution in [3.05, 3.63) is 60.7 Å². The predicted octanol–water partition coefficient (Wildman–Crippen LogP) is 3.41. The first-order chi connectivity index (χ1) is 8.18. The van der Waals surface area contributed by atoms with Crippen molar-refractivity contribution >= 4 is 26.3 Å². The minimum absolute atomic E-state index is 0. The van der Waals surface area contributed by atoms with Crippen LogP contribution < -0.4 is 10.3 Å². The summed E-state index contributed by atoms with van der Waals surface area (Å²) in [6.07, 6.45) is 0. The number of halogens is 1. The molecule has 0 amide bonds. The number of benzene rings is 2. The maximum atomic E-state index is 10.1. The third kappa shape index (κ3) is 7.63. The Morgan fingerprint density at radius 1 is 0.944 bits per heavy atom. The molecule has 1 unspecified atom stereocenters. The van der Waals surface area contributed by atoms with Crippen molar-refractivity contribution in [1.29, 1.82) is 0 Å². The molecule has 0 radical (unpaired) electrons. The Kier molecular flexibility index (Phi) is 8.58. The molecule has 4 nitrogen and oxygen atoms in total. The Bertz CT molecular complexity index is 453. The number of hydrogen-bond acceptors (Lipinski definition) is 3. The van der Waals surface area contributed by atoms with Gasteiger partial charge < -0.3 is 5.73 Å². The molecular weight excluding hydrogens is 273 g/mol. The molecule has 6 heteroatoms. The van der Waals surface area contributed by atoms with Crippen LogP contribution in [0.5, 0.6) is 5.75 Å². The van der Waals surface area contributed by atoms with Crippen LogP contribution in [0.2, 0.25) is 0 Å². The second-order valence-corrected chi connectivity index (χ2v) is 3.71. The number of para-hydroxylation sites is 2. The molecule has 0 aliphatic heterocycles. The molecular formula is C12H14ClNO3P+. The van der Waals surface area contributed by atoms with Gasteiger partial charge in [-0.05, 0) is 24.3 Å². The fraction of sp³-hybridized carbons (Fsp3) is 0. The van der Waals surface area contributed by atoms with E-state index in [1.54, 1.807) is 30.3 Å². The molecule has 2 rings (SSSR count). The molecule has 0 heterocycles. The van der Waals surface area contributed by atoms with Crippen LogP contribution in [-0.4, -0.2) is 4.89 Å². The lowest BCUT2D eigenvalue weighted by Gasteiger charge is -1.86.